The second kappa shape index (κ2) is 45.9. The summed E-state index contributed by atoms with van der Waals surface area (Å²) in [6.07, 6.45) is 58.2. The van der Waals surface area contributed by atoms with Crippen molar-refractivity contribution in [1.29, 1.82) is 0 Å². The molecule has 0 aromatic rings. The van der Waals surface area contributed by atoms with E-state index < -0.39 is 20.0 Å². The summed E-state index contributed by atoms with van der Waals surface area (Å²) in [6.45, 7) is 4.81. The number of hydrogen-bond donors (Lipinski definition) is 3. The largest absolute Gasteiger partial charge is 0.472 e. The summed E-state index contributed by atoms with van der Waals surface area (Å²) in [7, 11) is 1.56. The molecule has 3 unspecified atom stereocenters. The number of quaternary nitrogens is 1. The van der Waals surface area contributed by atoms with Crippen molar-refractivity contribution in [2.24, 2.45) is 0 Å². The molecule has 0 saturated heterocycles. The number of carbonyl (C=O) groups is 1. The van der Waals surface area contributed by atoms with Crippen LogP contribution in [0.25, 0.3) is 0 Å². The number of phosphoric acid groups is 1. The van der Waals surface area contributed by atoms with Crippen molar-refractivity contribution < 1.29 is 32.9 Å². The zero-order valence-electron chi connectivity index (χ0n) is 42.3. The Labute approximate surface area is 391 Å². The minimum Gasteiger partial charge on any atom is -0.387 e. The molecule has 9 heteroatoms. The molecular weight excluding hydrogens is 804 g/mol. The Balaban J connectivity index is 4.18. The fourth-order valence-corrected chi connectivity index (χ4v) is 8.55. The van der Waals surface area contributed by atoms with E-state index in [1.165, 1.54) is 193 Å². The van der Waals surface area contributed by atoms with Gasteiger partial charge in [-0.2, -0.15) is 0 Å². The van der Waals surface area contributed by atoms with E-state index in [2.05, 4.69) is 43.5 Å². The molecule has 372 valence electrons. The number of aliphatic hydroxyl groups excluding tert-OH is 1. The Morgan fingerprint density at radius 3 is 1.27 bits per heavy atom. The molecule has 0 aromatic heterocycles. The maximum atomic E-state index is 12.9. The van der Waals surface area contributed by atoms with Crippen molar-refractivity contribution >= 4 is 13.7 Å². The predicted molar refractivity (Wildman–Crippen MR) is 272 cm³/mol. The number of nitrogens with zero attached hydrogens (tertiary/aromatic N) is 1. The van der Waals surface area contributed by atoms with Crippen LogP contribution >= 0.6 is 7.82 Å². The van der Waals surface area contributed by atoms with Crippen LogP contribution in [0.2, 0.25) is 0 Å². The molecule has 0 bridgehead atoms. The number of likely N-dealkylation sites (N-methyl/N-ethyl adjacent to an activating group) is 1. The summed E-state index contributed by atoms with van der Waals surface area (Å²) in [4.78, 5) is 23.2. The van der Waals surface area contributed by atoms with E-state index in [1.54, 1.807) is 6.08 Å². The zero-order valence-corrected chi connectivity index (χ0v) is 43.2. The highest BCUT2D eigenvalue weighted by molar-refractivity contribution is 7.47. The van der Waals surface area contributed by atoms with E-state index in [9.17, 15) is 19.4 Å². The van der Waals surface area contributed by atoms with Crippen molar-refractivity contribution in [3.63, 3.8) is 0 Å². The summed E-state index contributed by atoms with van der Waals surface area (Å²) in [5.41, 5.74) is 0. The maximum Gasteiger partial charge on any atom is 0.472 e. The van der Waals surface area contributed by atoms with E-state index >= 15 is 0 Å². The quantitative estimate of drug-likeness (QED) is 0.0243. The number of amides is 1. The fourth-order valence-electron chi connectivity index (χ4n) is 7.82. The van der Waals surface area contributed by atoms with Gasteiger partial charge in [-0.1, -0.05) is 224 Å². The number of allylic oxidation sites excluding steroid dienone is 5. The molecule has 8 nitrogen and oxygen atoms in total. The number of aliphatic hydroxyl groups is 1. The van der Waals surface area contributed by atoms with Crippen molar-refractivity contribution in [2.75, 3.05) is 40.9 Å². The van der Waals surface area contributed by atoms with Gasteiger partial charge >= 0.3 is 7.82 Å². The van der Waals surface area contributed by atoms with Crippen molar-refractivity contribution in [3.8, 4) is 0 Å². The average molecular weight is 910 g/mol. The van der Waals surface area contributed by atoms with E-state index in [0.717, 1.165) is 38.5 Å². The summed E-state index contributed by atoms with van der Waals surface area (Å²) in [5.74, 6) is -0.186. The van der Waals surface area contributed by atoms with Gasteiger partial charge < -0.3 is 19.8 Å². The van der Waals surface area contributed by atoms with E-state index in [-0.39, 0.29) is 19.1 Å². The normalized spacial score (nSPS) is 14.3. The number of phosphoric ester groups is 1. The van der Waals surface area contributed by atoms with Crippen LogP contribution in [0.4, 0.5) is 0 Å². The molecule has 0 fully saturated rings. The van der Waals surface area contributed by atoms with Gasteiger partial charge in [0.2, 0.25) is 5.91 Å². The topological polar surface area (TPSA) is 105 Å². The van der Waals surface area contributed by atoms with Crippen molar-refractivity contribution in [3.05, 3.63) is 36.5 Å². The van der Waals surface area contributed by atoms with Crippen LogP contribution in [0, 0.1) is 0 Å². The van der Waals surface area contributed by atoms with Crippen LogP contribution in [0.5, 0.6) is 0 Å². The Morgan fingerprint density at radius 1 is 0.524 bits per heavy atom. The minimum atomic E-state index is -4.35. The van der Waals surface area contributed by atoms with Crippen LogP contribution < -0.4 is 5.32 Å². The highest BCUT2D eigenvalue weighted by Gasteiger charge is 2.27. The summed E-state index contributed by atoms with van der Waals surface area (Å²) in [5, 5.41) is 13.9. The molecule has 0 spiro atoms. The van der Waals surface area contributed by atoms with Gasteiger partial charge in [0.05, 0.1) is 39.9 Å². The number of unbranched alkanes of at least 4 members (excludes halogenated alkanes) is 32. The zero-order chi connectivity index (χ0) is 46.4. The molecule has 0 saturated carbocycles. The van der Waals surface area contributed by atoms with Crippen LogP contribution in [0.3, 0.4) is 0 Å². The Hall–Kier alpha value is -1.28. The third-order valence-corrected chi connectivity index (χ3v) is 13.1. The van der Waals surface area contributed by atoms with Gasteiger partial charge in [-0.15, -0.1) is 0 Å². The molecule has 3 atom stereocenters. The molecule has 3 N–H and O–H groups in total. The standard InChI is InChI=1S/C54H105N2O6P/c1-6-8-10-12-14-16-18-20-22-23-24-25-26-27-28-29-30-31-32-33-34-36-38-40-42-44-46-48-54(58)55-52(51-62-63(59,60)61-50-49-56(3,4)5)53(57)47-45-43-41-39-37-35-21-19-17-15-13-11-9-7-2/h27-28,37,39,45,47,52-53,57H,6-26,29-36,38,40-44,46,48-51H2,1-5H3,(H-,55,58,59,60)/p+1/b28-27-,39-37+,47-45+. The third kappa shape index (κ3) is 48.5. The lowest BCUT2D eigenvalue weighted by Gasteiger charge is -2.25. The smallest absolute Gasteiger partial charge is 0.387 e. The molecule has 0 aliphatic heterocycles. The molecular formula is C54H106N2O6P+. The monoisotopic (exact) mass is 910 g/mol. The molecule has 0 heterocycles. The number of rotatable bonds is 49. The van der Waals surface area contributed by atoms with Gasteiger partial charge in [0.25, 0.3) is 0 Å². The minimum absolute atomic E-state index is 0.0565. The molecule has 1 amide bonds. The Bertz CT molecular complexity index is 1120. The molecule has 0 aromatic carbocycles. The van der Waals surface area contributed by atoms with Crippen LogP contribution in [0.15, 0.2) is 36.5 Å². The van der Waals surface area contributed by atoms with Gasteiger partial charge in [-0.05, 0) is 57.8 Å². The second-order valence-electron chi connectivity index (χ2n) is 19.6. The molecule has 0 radical (unpaired) electrons. The lowest BCUT2D eigenvalue weighted by Crippen LogP contribution is -2.45. The first-order valence-electron chi connectivity index (χ1n) is 26.9. The second-order valence-corrected chi connectivity index (χ2v) is 21.0. The van der Waals surface area contributed by atoms with E-state index in [4.69, 9.17) is 9.05 Å². The highest BCUT2D eigenvalue weighted by atomic mass is 31.2. The first-order chi connectivity index (χ1) is 30.5. The van der Waals surface area contributed by atoms with Gasteiger partial charge in [-0.25, -0.2) is 4.57 Å². The van der Waals surface area contributed by atoms with E-state index in [1.807, 2.05) is 27.2 Å². The lowest BCUT2D eigenvalue weighted by atomic mass is 10.0. The van der Waals surface area contributed by atoms with Gasteiger partial charge in [0.1, 0.15) is 13.2 Å². The Morgan fingerprint density at radius 2 is 0.873 bits per heavy atom. The van der Waals surface area contributed by atoms with Crippen LogP contribution in [-0.2, 0) is 18.4 Å². The summed E-state index contributed by atoms with van der Waals surface area (Å²) >= 11 is 0. The van der Waals surface area contributed by atoms with Crippen LogP contribution in [0.1, 0.15) is 251 Å². The number of carbonyl (C=O) groups excluding carboxylic acids is 1. The predicted octanol–water partition coefficient (Wildman–Crippen LogP) is 15.8. The molecule has 0 aliphatic rings. The van der Waals surface area contributed by atoms with Crippen molar-refractivity contribution in [2.45, 2.75) is 264 Å². The maximum absolute atomic E-state index is 12.9. The fraction of sp³-hybridized carbons (Fsp3) is 0.870. The molecule has 0 rings (SSSR count). The first kappa shape index (κ1) is 61.7. The average Bonchev–Trinajstić information content (AvgIpc) is 3.24. The SMILES string of the molecule is CCCCCCCCCC/C=C/CC/C=C/C(O)C(COP(=O)(O)OCC[N+](C)(C)C)NC(=O)CCCCCCCCCCCCC/C=C\CCCCCCCCCCCCCC. The number of nitrogens with one attached hydrogen (secondary N) is 1. The lowest BCUT2D eigenvalue weighted by molar-refractivity contribution is -0.870. The van der Waals surface area contributed by atoms with Crippen LogP contribution in [-0.4, -0.2) is 73.4 Å². The molecule has 63 heavy (non-hydrogen) atoms. The van der Waals surface area contributed by atoms with Gasteiger partial charge in [0, 0.05) is 6.42 Å². The highest BCUT2D eigenvalue weighted by Crippen LogP contribution is 2.43. The van der Waals surface area contributed by atoms with Gasteiger partial charge in [-0.3, -0.25) is 13.8 Å². The summed E-state index contributed by atoms with van der Waals surface area (Å²) < 4.78 is 23.6. The summed E-state index contributed by atoms with van der Waals surface area (Å²) in [6, 6.07) is -0.862. The van der Waals surface area contributed by atoms with Gasteiger partial charge in [0.15, 0.2) is 0 Å². The van der Waals surface area contributed by atoms with Crippen molar-refractivity contribution in [1.82, 2.24) is 5.32 Å². The van der Waals surface area contributed by atoms with E-state index in [0.29, 0.717) is 17.4 Å². The Kier molecular flexibility index (Phi) is 44.9. The molecule has 0 aliphatic carbocycles. The number of hydrogen-bond acceptors (Lipinski definition) is 5. The first-order valence-corrected chi connectivity index (χ1v) is 28.4. The third-order valence-electron chi connectivity index (χ3n) is 12.1.